The number of alkyl halides is 3. The SMILES string of the molecule is CC(C)(c1nc[c]([AlH2])o1)N1CCN2C(C1)C(=O)N(CC(F)(F)F)C2(C)C. The number of halogens is 3. The van der Waals surface area contributed by atoms with Crippen LogP contribution < -0.4 is 4.62 Å². The van der Waals surface area contributed by atoms with Crippen LogP contribution in [-0.4, -0.2) is 85.9 Å². The fourth-order valence-electron chi connectivity index (χ4n) is 3.99. The molecule has 6 nitrogen and oxygen atoms in total. The minimum absolute atomic E-state index is 0.350. The van der Waals surface area contributed by atoms with Crippen LogP contribution in [0.25, 0.3) is 0 Å². The van der Waals surface area contributed by atoms with Gasteiger partial charge in [0.25, 0.3) is 0 Å². The van der Waals surface area contributed by atoms with Crippen molar-refractivity contribution in [3.63, 3.8) is 0 Å². The van der Waals surface area contributed by atoms with Crippen LogP contribution in [0.4, 0.5) is 13.2 Å². The van der Waals surface area contributed by atoms with Crippen molar-refractivity contribution in [3.05, 3.63) is 12.1 Å². The molecule has 3 rings (SSSR count). The van der Waals surface area contributed by atoms with E-state index in [1.165, 1.54) is 0 Å². The number of rotatable bonds is 3. The molecule has 1 aromatic heterocycles. The molecule has 0 radical (unpaired) electrons. The van der Waals surface area contributed by atoms with Crippen molar-refractivity contribution < 1.29 is 22.4 Å². The first kappa shape index (κ1) is 19.7. The first-order valence-corrected chi connectivity index (χ1v) is 9.67. The Morgan fingerprint density at radius 3 is 2.54 bits per heavy atom. The summed E-state index contributed by atoms with van der Waals surface area (Å²) < 4.78 is 45.4. The Labute approximate surface area is 158 Å². The summed E-state index contributed by atoms with van der Waals surface area (Å²) in [4.78, 5) is 22.0. The van der Waals surface area contributed by atoms with Gasteiger partial charge in [0.15, 0.2) is 0 Å². The molecule has 0 aromatic carbocycles. The summed E-state index contributed by atoms with van der Waals surface area (Å²) in [5, 5.41) is 0. The van der Waals surface area contributed by atoms with Crippen LogP contribution in [0.2, 0.25) is 0 Å². The molecular weight excluding hydrogens is 364 g/mol. The molecule has 2 saturated heterocycles. The van der Waals surface area contributed by atoms with E-state index in [1.54, 1.807) is 20.0 Å². The maximum absolute atomic E-state index is 13.0. The van der Waals surface area contributed by atoms with Gasteiger partial charge in [-0.15, -0.1) is 0 Å². The van der Waals surface area contributed by atoms with Crippen molar-refractivity contribution >= 4 is 26.8 Å². The molecule has 0 spiro atoms. The van der Waals surface area contributed by atoms with Crippen LogP contribution in [0.15, 0.2) is 10.6 Å². The van der Waals surface area contributed by atoms with Gasteiger partial charge >= 0.3 is 22.5 Å². The summed E-state index contributed by atoms with van der Waals surface area (Å²) in [5.41, 5.74) is -1.49. The molecular formula is C16H24AlF3N4O2. The molecule has 0 saturated carbocycles. The van der Waals surface area contributed by atoms with Gasteiger partial charge in [0.2, 0.25) is 11.8 Å². The summed E-state index contributed by atoms with van der Waals surface area (Å²) in [6.45, 7) is 7.55. The lowest BCUT2D eigenvalue weighted by Crippen LogP contribution is -2.61. The number of nitrogens with zero attached hydrogens (tertiary/aromatic N) is 4. The molecule has 3 heterocycles. The van der Waals surface area contributed by atoms with Crippen molar-refractivity contribution in [3.8, 4) is 0 Å². The number of amides is 1. The largest absolute Gasteiger partial charge is 0.464 e. The minimum Gasteiger partial charge on any atom is -0.464 e. The fourth-order valence-corrected chi connectivity index (χ4v) is 4.31. The van der Waals surface area contributed by atoms with Crippen LogP contribution in [-0.2, 0) is 10.3 Å². The van der Waals surface area contributed by atoms with E-state index in [2.05, 4.69) is 9.88 Å². The lowest BCUT2D eigenvalue weighted by molar-refractivity contribution is -0.169. The van der Waals surface area contributed by atoms with E-state index in [0.717, 1.165) is 25.8 Å². The Kier molecular flexibility index (Phi) is 4.71. The second-order valence-corrected chi connectivity index (χ2v) is 9.01. The Balaban J connectivity index is 1.83. The highest BCUT2D eigenvalue weighted by Crippen LogP contribution is 2.38. The summed E-state index contributed by atoms with van der Waals surface area (Å²) in [7, 11) is 0. The third-order valence-electron chi connectivity index (χ3n) is 5.57. The molecule has 1 atom stereocenters. The third-order valence-corrected chi connectivity index (χ3v) is 6.03. The highest BCUT2D eigenvalue weighted by molar-refractivity contribution is 6.29. The monoisotopic (exact) mass is 388 g/mol. The first-order valence-electron chi connectivity index (χ1n) is 8.67. The lowest BCUT2D eigenvalue weighted by Gasteiger charge is -2.46. The van der Waals surface area contributed by atoms with Crippen molar-refractivity contribution in [1.29, 1.82) is 0 Å². The molecule has 1 aromatic rings. The molecule has 1 unspecified atom stereocenters. The van der Waals surface area contributed by atoms with Gasteiger partial charge in [-0.3, -0.25) is 14.6 Å². The fraction of sp³-hybridized carbons (Fsp3) is 0.750. The van der Waals surface area contributed by atoms with Crippen LogP contribution in [0.5, 0.6) is 0 Å². The standard InChI is InChI=1S/C16H22F3N4O2.Al.2H/c1-14(2,13-20-5-8-25-13)21-6-7-22-11(9-21)12(24)23(15(22,3)4)10-16(17,18)19;;;/h5,11H,6-7,9-10H2,1-4H3;;;. The van der Waals surface area contributed by atoms with Gasteiger partial charge in [-0.05, 0) is 27.7 Å². The Hall–Kier alpha value is -1.08. The average molecular weight is 388 g/mol. The van der Waals surface area contributed by atoms with E-state index in [-0.39, 0.29) is 0 Å². The zero-order chi connectivity index (χ0) is 19.5. The molecule has 0 bridgehead atoms. The van der Waals surface area contributed by atoms with Gasteiger partial charge in [0.1, 0.15) is 12.6 Å². The number of oxazole rings is 1. The van der Waals surface area contributed by atoms with Crippen molar-refractivity contribution in [1.82, 2.24) is 19.7 Å². The number of hydrogen-bond acceptors (Lipinski definition) is 5. The van der Waals surface area contributed by atoms with E-state index in [9.17, 15) is 18.0 Å². The van der Waals surface area contributed by atoms with Gasteiger partial charge in [-0.2, -0.15) is 13.2 Å². The average Bonchev–Trinajstić information content (AvgIpc) is 3.03. The topological polar surface area (TPSA) is 52.8 Å². The van der Waals surface area contributed by atoms with Crippen LogP contribution in [0.3, 0.4) is 0 Å². The maximum Gasteiger partial charge on any atom is 0.406 e. The summed E-state index contributed by atoms with van der Waals surface area (Å²) in [5.74, 6) is 0.108. The number of carbonyl (C=O) groups is 1. The highest BCUT2D eigenvalue weighted by Gasteiger charge is 2.56. The molecule has 144 valence electrons. The van der Waals surface area contributed by atoms with E-state index >= 15 is 0 Å². The minimum atomic E-state index is -4.42. The lowest BCUT2D eigenvalue weighted by atomic mass is 9.99. The summed E-state index contributed by atoms with van der Waals surface area (Å²) in [6.07, 6.45) is -2.71. The van der Waals surface area contributed by atoms with E-state index < -0.39 is 35.9 Å². The zero-order valence-corrected chi connectivity index (χ0v) is 17.7. The molecule has 2 fully saturated rings. The Bertz CT molecular complexity index is 704. The predicted octanol–water partition coefficient (Wildman–Crippen LogP) is 0.295. The Morgan fingerprint density at radius 1 is 1.35 bits per heavy atom. The first-order chi connectivity index (χ1) is 11.8. The number of carbonyl (C=O) groups excluding carboxylic acids is 1. The predicted molar refractivity (Wildman–Crippen MR) is 91.6 cm³/mol. The van der Waals surface area contributed by atoms with Gasteiger partial charge < -0.3 is 9.32 Å². The van der Waals surface area contributed by atoms with Crippen LogP contribution in [0.1, 0.15) is 33.6 Å². The molecule has 0 aliphatic carbocycles. The molecule has 26 heavy (non-hydrogen) atoms. The molecule has 2 aliphatic heterocycles. The number of piperazine rings is 1. The third kappa shape index (κ3) is 3.28. The van der Waals surface area contributed by atoms with E-state index in [1.807, 2.05) is 18.7 Å². The van der Waals surface area contributed by atoms with Crippen LogP contribution in [0, 0.1) is 0 Å². The van der Waals surface area contributed by atoms with E-state index in [4.69, 9.17) is 4.42 Å². The molecule has 2 aliphatic rings. The van der Waals surface area contributed by atoms with E-state index in [0.29, 0.717) is 25.5 Å². The van der Waals surface area contributed by atoms with Gasteiger partial charge in [-0.1, -0.05) is 0 Å². The Morgan fingerprint density at radius 2 is 2.00 bits per heavy atom. The number of aromatic nitrogens is 1. The molecule has 10 heteroatoms. The quantitative estimate of drug-likeness (QED) is 0.697. The second-order valence-electron chi connectivity index (χ2n) is 8.02. The number of hydrogen-bond donors (Lipinski definition) is 0. The van der Waals surface area contributed by atoms with Gasteiger partial charge in [0, 0.05) is 30.5 Å². The smallest absolute Gasteiger partial charge is 0.406 e. The summed E-state index contributed by atoms with van der Waals surface area (Å²) in [6, 6.07) is -0.592. The molecule has 1 amide bonds. The van der Waals surface area contributed by atoms with Crippen LogP contribution >= 0.6 is 0 Å². The zero-order valence-electron chi connectivity index (χ0n) is 15.7. The number of fused-ring (bicyclic) bond motifs is 1. The molecule has 0 N–H and O–H groups in total. The van der Waals surface area contributed by atoms with Gasteiger partial charge in [-0.25, -0.2) is 4.98 Å². The highest BCUT2D eigenvalue weighted by atomic mass is 27.0. The maximum atomic E-state index is 13.0. The van der Waals surface area contributed by atoms with Crippen molar-refractivity contribution in [2.75, 3.05) is 26.2 Å². The summed E-state index contributed by atoms with van der Waals surface area (Å²) >= 11 is 0.754. The second kappa shape index (κ2) is 6.23. The van der Waals surface area contributed by atoms with Crippen molar-refractivity contribution in [2.24, 2.45) is 0 Å². The van der Waals surface area contributed by atoms with Gasteiger partial charge in [0.05, 0.1) is 11.2 Å². The normalized spacial score (nSPS) is 25.0. The van der Waals surface area contributed by atoms with Crippen molar-refractivity contribution in [2.45, 2.75) is 51.1 Å².